The fraction of sp³-hybridized carbons (Fsp3) is 0.250. The molecule has 1 aromatic rings. The highest BCUT2D eigenvalue weighted by atomic mass is 16.1. The first-order valence-electron chi connectivity index (χ1n) is 4.76. The molecule has 0 amide bonds. The maximum atomic E-state index is 11.1. The average Bonchev–Trinajstić information content (AvgIpc) is 2.26. The monoisotopic (exact) mass is 213 g/mol. The normalized spacial score (nSPS) is 8.62. The highest BCUT2D eigenvalue weighted by molar-refractivity contribution is 5.94. The highest BCUT2D eigenvalue weighted by Crippen LogP contribution is 2.10. The van der Waals surface area contributed by atoms with Crippen LogP contribution in [0.4, 0.5) is 0 Å². The molecule has 0 aliphatic rings. The van der Waals surface area contributed by atoms with Gasteiger partial charge in [-0.15, -0.1) is 0 Å². The molecule has 0 unspecified atom stereocenters. The lowest BCUT2D eigenvalue weighted by Crippen LogP contribution is -1.93. The molecule has 1 aromatic carbocycles. The molecule has 1 rings (SSSR count). The van der Waals surface area contributed by atoms with Gasteiger partial charge in [0.1, 0.15) is 0 Å². The second-order valence-corrected chi connectivity index (χ2v) is 3.28. The van der Waals surface area contributed by atoms with Crippen molar-refractivity contribution >= 4 is 5.78 Å². The van der Waals surface area contributed by atoms with Crippen LogP contribution in [-0.4, -0.2) is 12.3 Å². The van der Waals surface area contributed by atoms with E-state index in [1.165, 1.54) is 6.92 Å². The molecule has 0 aromatic heterocycles. The Balaban J connectivity index is 2.93. The molecule has 0 saturated heterocycles. The third-order valence-electron chi connectivity index (χ3n) is 2.07. The van der Waals surface area contributed by atoms with Gasteiger partial charge >= 0.3 is 0 Å². The van der Waals surface area contributed by atoms with Crippen molar-refractivity contribution in [2.75, 3.05) is 6.54 Å². The summed E-state index contributed by atoms with van der Waals surface area (Å²) in [5.74, 6) is 5.66. The van der Waals surface area contributed by atoms with Crippen LogP contribution in [0, 0.1) is 18.8 Å². The van der Waals surface area contributed by atoms with E-state index in [0.717, 1.165) is 11.1 Å². The molecule has 16 heavy (non-hydrogen) atoms. The highest BCUT2D eigenvalue weighted by Gasteiger charge is 2.01. The number of carbonyl (C=O) groups is 1. The minimum absolute atomic E-state index is 0.0386. The van der Waals surface area contributed by atoms with Crippen molar-refractivity contribution in [2.24, 2.45) is 5.11 Å². The van der Waals surface area contributed by atoms with Gasteiger partial charge in [0.05, 0.1) is 6.54 Å². The van der Waals surface area contributed by atoms with E-state index in [1.807, 2.05) is 6.92 Å². The first-order chi connectivity index (χ1) is 7.65. The van der Waals surface area contributed by atoms with E-state index >= 15 is 0 Å². The molecular weight excluding hydrogens is 202 g/mol. The summed E-state index contributed by atoms with van der Waals surface area (Å²) >= 11 is 0. The molecule has 0 saturated carbocycles. The Labute approximate surface area is 93.9 Å². The van der Waals surface area contributed by atoms with E-state index < -0.39 is 0 Å². The second kappa shape index (κ2) is 5.59. The van der Waals surface area contributed by atoms with Crippen molar-refractivity contribution in [2.45, 2.75) is 13.8 Å². The van der Waals surface area contributed by atoms with Gasteiger partial charge in [-0.05, 0) is 37.1 Å². The lowest BCUT2D eigenvalue weighted by atomic mass is 10.0. The van der Waals surface area contributed by atoms with E-state index in [1.54, 1.807) is 18.2 Å². The maximum Gasteiger partial charge on any atom is 0.159 e. The molecule has 0 bridgehead atoms. The number of azide groups is 1. The third kappa shape index (κ3) is 3.16. The lowest BCUT2D eigenvalue weighted by molar-refractivity contribution is 0.101. The largest absolute Gasteiger partial charge is 0.295 e. The van der Waals surface area contributed by atoms with E-state index in [2.05, 4.69) is 21.9 Å². The number of benzene rings is 1. The van der Waals surface area contributed by atoms with Gasteiger partial charge in [0.2, 0.25) is 0 Å². The lowest BCUT2D eigenvalue weighted by Gasteiger charge is -2.00. The summed E-state index contributed by atoms with van der Waals surface area (Å²) < 4.78 is 0. The molecule has 0 heterocycles. The number of aryl methyl sites for hydroxylation is 1. The zero-order valence-corrected chi connectivity index (χ0v) is 9.19. The molecule has 0 N–H and O–H groups in total. The fourth-order valence-electron chi connectivity index (χ4n) is 1.22. The Morgan fingerprint density at radius 1 is 1.56 bits per heavy atom. The predicted octanol–water partition coefficient (Wildman–Crippen LogP) is 2.86. The van der Waals surface area contributed by atoms with Gasteiger partial charge in [0.15, 0.2) is 5.78 Å². The van der Waals surface area contributed by atoms with Crippen LogP contribution in [0.15, 0.2) is 23.3 Å². The number of hydrogen-bond donors (Lipinski definition) is 0. The zero-order valence-electron chi connectivity index (χ0n) is 9.19. The van der Waals surface area contributed by atoms with Crippen molar-refractivity contribution in [1.29, 1.82) is 0 Å². The SMILES string of the molecule is CC(=O)c1ccc(C#CCN=[N+]=[N-])c(C)c1. The van der Waals surface area contributed by atoms with E-state index in [4.69, 9.17) is 5.53 Å². The summed E-state index contributed by atoms with van der Waals surface area (Å²) in [6.45, 7) is 3.58. The molecular formula is C12H11N3O. The van der Waals surface area contributed by atoms with Crippen molar-refractivity contribution in [1.82, 2.24) is 0 Å². The van der Waals surface area contributed by atoms with Crippen LogP contribution in [0.3, 0.4) is 0 Å². The Bertz CT molecular complexity index is 517. The Morgan fingerprint density at radius 3 is 2.88 bits per heavy atom. The van der Waals surface area contributed by atoms with Gasteiger partial charge in [0.25, 0.3) is 0 Å². The minimum atomic E-state index is 0.0386. The molecule has 4 nitrogen and oxygen atoms in total. The van der Waals surface area contributed by atoms with Gasteiger partial charge in [-0.2, -0.15) is 0 Å². The van der Waals surface area contributed by atoms with Crippen LogP contribution in [-0.2, 0) is 0 Å². The molecule has 80 valence electrons. The van der Waals surface area contributed by atoms with Crippen molar-refractivity contribution in [3.63, 3.8) is 0 Å². The number of rotatable bonds is 2. The van der Waals surface area contributed by atoms with Gasteiger partial charge < -0.3 is 0 Å². The number of Topliss-reactive ketones (excluding diaryl/α,β-unsaturated/α-hetero) is 1. The van der Waals surface area contributed by atoms with Crippen LogP contribution in [0.25, 0.3) is 10.4 Å². The van der Waals surface area contributed by atoms with Crippen molar-refractivity contribution < 1.29 is 4.79 Å². The summed E-state index contributed by atoms with van der Waals surface area (Å²) in [4.78, 5) is 13.7. The van der Waals surface area contributed by atoms with Crippen LogP contribution in [0.1, 0.15) is 28.4 Å². The molecule has 4 heteroatoms. The molecule has 0 aliphatic carbocycles. The quantitative estimate of drug-likeness (QED) is 0.245. The Morgan fingerprint density at radius 2 is 2.31 bits per heavy atom. The van der Waals surface area contributed by atoms with Gasteiger partial charge in [-0.3, -0.25) is 4.79 Å². The van der Waals surface area contributed by atoms with Gasteiger partial charge in [-0.25, -0.2) is 0 Å². The summed E-state index contributed by atoms with van der Waals surface area (Å²) in [6, 6.07) is 5.35. The first-order valence-corrected chi connectivity index (χ1v) is 4.76. The van der Waals surface area contributed by atoms with Crippen LogP contribution in [0.2, 0.25) is 0 Å². The van der Waals surface area contributed by atoms with Crippen LogP contribution >= 0.6 is 0 Å². The van der Waals surface area contributed by atoms with Crippen molar-refractivity contribution in [3.05, 3.63) is 45.3 Å². The maximum absolute atomic E-state index is 11.1. The standard InChI is InChI=1S/C12H11N3O/c1-9-8-12(10(2)16)6-5-11(9)4-3-7-14-15-13/h5-6,8H,7H2,1-2H3. The summed E-state index contributed by atoms with van der Waals surface area (Å²) in [5.41, 5.74) is 10.5. The number of nitrogens with zero attached hydrogens (tertiary/aromatic N) is 3. The molecule has 0 aliphatic heterocycles. The predicted molar refractivity (Wildman–Crippen MR) is 62.1 cm³/mol. The summed E-state index contributed by atoms with van der Waals surface area (Å²) in [5, 5.41) is 3.32. The molecule has 0 atom stereocenters. The fourth-order valence-corrected chi connectivity index (χ4v) is 1.22. The van der Waals surface area contributed by atoms with Crippen LogP contribution in [0.5, 0.6) is 0 Å². The third-order valence-corrected chi connectivity index (χ3v) is 2.07. The van der Waals surface area contributed by atoms with E-state index in [-0.39, 0.29) is 12.3 Å². The number of ketones is 1. The smallest absolute Gasteiger partial charge is 0.159 e. The van der Waals surface area contributed by atoms with Crippen LogP contribution < -0.4 is 0 Å². The summed E-state index contributed by atoms with van der Waals surface area (Å²) in [6.07, 6.45) is 0. The average molecular weight is 213 g/mol. The number of hydrogen-bond acceptors (Lipinski definition) is 2. The van der Waals surface area contributed by atoms with E-state index in [9.17, 15) is 4.79 Å². The molecule has 0 fully saturated rings. The Hall–Kier alpha value is -2.24. The van der Waals surface area contributed by atoms with Gasteiger partial charge in [0, 0.05) is 16.0 Å². The molecule has 0 spiro atoms. The summed E-state index contributed by atoms with van der Waals surface area (Å²) in [7, 11) is 0. The van der Waals surface area contributed by atoms with Gasteiger partial charge in [-0.1, -0.05) is 23.0 Å². The van der Waals surface area contributed by atoms with E-state index in [0.29, 0.717) is 5.56 Å². The second-order valence-electron chi connectivity index (χ2n) is 3.28. The molecule has 0 radical (unpaired) electrons. The number of carbonyl (C=O) groups excluding carboxylic acids is 1. The minimum Gasteiger partial charge on any atom is -0.295 e. The Kier molecular flexibility index (Phi) is 4.14. The zero-order chi connectivity index (χ0) is 12.0. The first kappa shape index (κ1) is 11.8. The topological polar surface area (TPSA) is 65.8 Å². The van der Waals surface area contributed by atoms with Crippen molar-refractivity contribution in [3.8, 4) is 11.8 Å².